The van der Waals surface area contributed by atoms with Crippen LogP contribution in [0, 0.1) is 0 Å². The number of rotatable bonds is 4. The van der Waals surface area contributed by atoms with Crippen molar-refractivity contribution in [1.82, 2.24) is 9.91 Å². The molecule has 0 spiro atoms. The molecule has 178 valence electrons. The Kier molecular flexibility index (Phi) is 6.96. The molecule has 33 heavy (non-hydrogen) atoms. The summed E-state index contributed by atoms with van der Waals surface area (Å²) in [7, 11) is -3.18. The van der Waals surface area contributed by atoms with E-state index in [-0.39, 0.29) is 42.0 Å². The van der Waals surface area contributed by atoms with Crippen LogP contribution in [-0.4, -0.2) is 72.5 Å². The van der Waals surface area contributed by atoms with Gasteiger partial charge in [-0.1, -0.05) is 18.9 Å². The van der Waals surface area contributed by atoms with Crippen LogP contribution in [0.1, 0.15) is 44.9 Å². The van der Waals surface area contributed by atoms with Gasteiger partial charge in [-0.05, 0) is 37.5 Å². The Hall–Kier alpha value is -2.95. The zero-order chi connectivity index (χ0) is 23.4. The van der Waals surface area contributed by atoms with Gasteiger partial charge in [0.2, 0.25) is 5.91 Å². The fourth-order valence-electron chi connectivity index (χ4n) is 4.34. The number of urea groups is 1. The number of nitrogens with zero attached hydrogens (tertiary/aromatic N) is 3. The average molecular weight is 476 g/mol. The number of carbonyl (C=O) groups is 3. The molecule has 1 atom stereocenters. The zero-order valence-electron chi connectivity index (χ0n) is 18.5. The van der Waals surface area contributed by atoms with Gasteiger partial charge in [-0.15, -0.1) is 0 Å². The first-order valence-electron chi connectivity index (χ1n) is 11.4. The minimum Gasteiger partial charge on any atom is -0.325 e. The van der Waals surface area contributed by atoms with Gasteiger partial charge in [-0.25, -0.2) is 18.2 Å². The molecule has 0 radical (unpaired) electrons. The van der Waals surface area contributed by atoms with Gasteiger partial charge in [-0.3, -0.25) is 9.59 Å². The van der Waals surface area contributed by atoms with Crippen molar-refractivity contribution in [3.05, 3.63) is 24.3 Å². The molecule has 10 nitrogen and oxygen atoms in total. The maximum Gasteiger partial charge on any atom is 0.321 e. The third-order valence-corrected chi connectivity index (χ3v) is 7.89. The predicted octanol–water partition coefficient (Wildman–Crippen LogP) is 2.20. The summed E-state index contributed by atoms with van der Waals surface area (Å²) in [5, 5.41) is 11.0. The summed E-state index contributed by atoms with van der Waals surface area (Å²) in [6.45, 7) is 1.47. The standard InChI is InChI=1S/C22H29N5O5S/c28-20-9-8-19(25-27(20)18-10-13-33(31,32)15-18)21(29)23-16-6-5-7-17(14-16)24-22(30)26-11-3-1-2-4-12-26/h5-7,14,18H,1-4,8-13,15H2,(H,23,29)(H,24,30). The molecular weight excluding hydrogens is 446 g/mol. The summed E-state index contributed by atoms with van der Waals surface area (Å²) in [5.74, 6) is -0.833. The lowest BCUT2D eigenvalue weighted by molar-refractivity contribution is -0.133. The van der Waals surface area contributed by atoms with Crippen molar-refractivity contribution < 1.29 is 22.8 Å². The van der Waals surface area contributed by atoms with Gasteiger partial charge in [0.25, 0.3) is 5.91 Å². The first-order valence-corrected chi connectivity index (χ1v) is 13.2. The number of carbonyl (C=O) groups excluding carboxylic acids is 3. The van der Waals surface area contributed by atoms with Crippen molar-refractivity contribution in [1.29, 1.82) is 0 Å². The second-order valence-corrected chi connectivity index (χ2v) is 10.9. The molecule has 0 aliphatic carbocycles. The highest BCUT2D eigenvalue weighted by Gasteiger charge is 2.37. The van der Waals surface area contributed by atoms with Crippen molar-refractivity contribution in [2.75, 3.05) is 35.2 Å². The molecule has 0 aromatic heterocycles. The van der Waals surface area contributed by atoms with Gasteiger partial charge in [0, 0.05) is 37.3 Å². The number of hydrogen-bond donors (Lipinski definition) is 2. The van der Waals surface area contributed by atoms with Crippen LogP contribution in [0.5, 0.6) is 0 Å². The van der Waals surface area contributed by atoms with Gasteiger partial charge in [0.15, 0.2) is 9.84 Å². The van der Waals surface area contributed by atoms with E-state index < -0.39 is 21.8 Å². The maximum atomic E-state index is 12.8. The van der Waals surface area contributed by atoms with Crippen LogP contribution in [-0.2, 0) is 19.4 Å². The van der Waals surface area contributed by atoms with E-state index in [0.29, 0.717) is 17.8 Å². The van der Waals surface area contributed by atoms with E-state index in [0.717, 1.165) is 38.8 Å². The van der Waals surface area contributed by atoms with Crippen LogP contribution in [0.2, 0.25) is 0 Å². The van der Waals surface area contributed by atoms with Crippen LogP contribution >= 0.6 is 0 Å². The van der Waals surface area contributed by atoms with Crippen LogP contribution < -0.4 is 10.6 Å². The average Bonchev–Trinajstić information content (AvgIpc) is 2.97. The second kappa shape index (κ2) is 9.90. The summed E-state index contributed by atoms with van der Waals surface area (Å²) in [5.41, 5.74) is 1.24. The lowest BCUT2D eigenvalue weighted by atomic mass is 10.1. The lowest BCUT2D eigenvalue weighted by Gasteiger charge is -2.27. The Morgan fingerprint density at radius 2 is 1.70 bits per heavy atom. The molecule has 11 heteroatoms. The molecule has 4 amide bonds. The van der Waals surface area contributed by atoms with Crippen molar-refractivity contribution >= 4 is 44.8 Å². The number of hydrogen-bond acceptors (Lipinski definition) is 6. The molecule has 2 N–H and O–H groups in total. The van der Waals surface area contributed by atoms with E-state index in [1.54, 1.807) is 24.3 Å². The second-order valence-electron chi connectivity index (χ2n) is 8.71. The van der Waals surface area contributed by atoms with Gasteiger partial charge in [-0.2, -0.15) is 5.10 Å². The highest BCUT2D eigenvalue weighted by atomic mass is 32.2. The molecule has 3 heterocycles. The van der Waals surface area contributed by atoms with Crippen molar-refractivity contribution in [3.63, 3.8) is 0 Å². The topological polar surface area (TPSA) is 128 Å². The Morgan fingerprint density at radius 1 is 1.00 bits per heavy atom. The van der Waals surface area contributed by atoms with Gasteiger partial charge < -0.3 is 15.5 Å². The van der Waals surface area contributed by atoms with Crippen LogP contribution in [0.4, 0.5) is 16.2 Å². The molecule has 2 fully saturated rings. The smallest absolute Gasteiger partial charge is 0.321 e. The van der Waals surface area contributed by atoms with E-state index >= 15 is 0 Å². The largest absolute Gasteiger partial charge is 0.325 e. The minimum atomic E-state index is -3.18. The number of sulfone groups is 1. The summed E-state index contributed by atoms with van der Waals surface area (Å²) in [4.78, 5) is 39.4. The molecule has 1 unspecified atom stereocenters. The van der Waals surface area contributed by atoms with Crippen LogP contribution in [0.3, 0.4) is 0 Å². The Balaban J connectivity index is 1.40. The highest BCUT2D eigenvalue weighted by molar-refractivity contribution is 7.91. The fourth-order valence-corrected chi connectivity index (χ4v) is 6.03. The Labute approximate surface area is 193 Å². The minimum absolute atomic E-state index is 0.0223. The molecule has 0 bridgehead atoms. The summed E-state index contributed by atoms with van der Waals surface area (Å²) >= 11 is 0. The number of amides is 4. The molecular formula is C22H29N5O5S. The van der Waals surface area contributed by atoms with Crippen molar-refractivity contribution in [3.8, 4) is 0 Å². The SMILES string of the molecule is O=C(Nc1cccc(NC(=O)N2CCCCCC2)c1)C1=NN(C2CCS(=O)(=O)C2)C(=O)CC1. The van der Waals surface area contributed by atoms with E-state index in [9.17, 15) is 22.8 Å². The molecule has 2 saturated heterocycles. The van der Waals surface area contributed by atoms with Crippen LogP contribution in [0.15, 0.2) is 29.4 Å². The predicted molar refractivity (Wildman–Crippen MR) is 125 cm³/mol. The first kappa shape index (κ1) is 23.2. The molecule has 1 aromatic carbocycles. The Bertz CT molecular complexity index is 1060. The fraction of sp³-hybridized carbons (Fsp3) is 0.545. The summed E-state index contributed by atoms with van der Waals surface area (Å²) in [6, 6.07) is 6.18. The highest BCUT2D eigenvalue weighted by Crippen LogP contribution is 2.23. The molecule has 1 aromatic rings. The number of benzene rings is 1. The van der Waals surface area contributed by atoms with Gasteiger partial charge in [0.1, 0.15) is 5.71 Å². The van der Waals surface area contributed by atoms with Gasteiger partial charge in [0.05, 0.1) is 17.5 Å². The lowest BCUT2D eigenvalue weighted by Crippen LogP contribution is -2.42. The number of anilines is 2. The van der Waals surface area contributed by atoms with E-state index in [4.69, 9.17) is 0 Å². The van der Waals surface area contributed by atoms with E-state index in [1.807, 2.05) is 4.90 Å². The molecule has 0 saturated carbocycles. The van der Waals surface area contributed by atoms with Crippen LogP contribution in [0.25, 0.3) is 0 Å². The third kappa shape index (κ3) is 5.89. The maximum absolute atomic E-state index is 12.8. The van der Waals surface area contributed by atoms with Gasteiger partial charge >= 0.3 is 6.03 Å². The summed E-state index contributed by atoms with van der Waals surface area (Å²) in [6.07, 6.45) is 4.88. The quantitative estimate of drug-likeness (QED) is 0.690. The number of nitrogens with one attached hydrogen (secondary N) is 2. The third-order valence-electron chi connectivity index (χ3n) is 6.14. The molecule has 3 aliphatic rings. The number of hydrazone groups is 1. The number of likely N-dealkylation sites (tertiary alicyclic amines) is 1. The monoisotopic (exact) mass is 475 g/mol. The molecule has 4 rings (SSSR count). The summed E-state index contributed by atoms with van der Waals surface area (Å²) < 4.78 is 23.5. The van der Waals surface area contributed by atoms with E-state index in [1.165, 1.54) is 5.01 Å². The van der Waals surface area contributed by atoms with Crippen molar-refractivity contribution in [2.45, 2.75) is 51.0 Å². The van der Waals surface area contributed by atoms with Crippen molar-refractivity contribution in [2.24, 2.45) is 5.10 Å². The first-order chi connectivity index (χ1) is 15.8. The zero-order valence-corrected chi connectivity index (χ0v) is 19.3. The normalized spacial score (nSPS) is 23.0. The Morgan fingerprint density at radius 3 is 2.36 bits per heavy atom. The van der Waals surface area contributed by atoms with E-state index in [2.05, 4.69) is 15.7 Å². The molecule has 3 aliphatic heterocycles.